The molecule has 1 heterocycles. The maximum absolute atomic E-state index is 13.0. The molecule has 0 aliphatic carbocycles. The van der Waals surface area contributed by atoms with E-state index in [1.807, 2.05) is 19.2 Å². The van der Waals surface area contributed by atoms with Gasteiger partial charge in [-0.25, -0.2) is 9.07 Å². The SMILES string of the molecule is Cc1cc(F)ccc1-n1ccc(C(C)C)n1. The molecule has 3 heteroatoms. The van der Waals surface area contributed by atoms with Crippen LogP contribution in [0.1, 0.15) is 31.0 Å². The van der Waals surface area contributed by atoms with Crippen LogP contribution in [0.15, 0.2) is 30.5 Å². The van der Waals surface area contributed by atoms with Crippen molar-refractivity contribution in [3.8, 4) is 5.69 Å². The fraction of sp³-hybridized carbons (Fsp3) is 0.308. The fourth-order valence-corrected chi connectivity index (χ4v) is 1.66. The monoisotopic (exact) mass is 218 g/mol. The van der Waals surface area contributed by atoms with E-state index in [2.05, 4.69) is 18.9 Å². The Morgan fingerprint density at radius 3 is 2.56 bits per heavy atom. The smallest absolute Gasteiger partial charge is 0.123 e. The molecule has 1 aromatic carbocycles. The summed E-state index contributed by atoms with van der Waals surface area (Å²) in [7, 11) is 0. The van der Waals surface area contributed by atoms with Gasteiger partial charge in [0.05, 0.1) is 11.4 Å². The van der Waals surface area contributed by atoms with Crippen LogP contribution in [0, 0.1) is 12.7 Å². The van der Waals surface area contributed by atoms with Crippen molar-refractivity contribution in [3.05, 3.63) is 47.5 Å². The lowest BCUT2D eigenvalue weighted by Crippen LogP contribution is -1.99. The van der Waals surface area contributed by atoms with Crippen LogP contribution in [0.5, 0.6) is 0 Å². The largest absolute Gasteiger partial charge is 0.240 e. The van der Waals surface area contributed by atoms with Gasteiger partial charge < -0.3 is 0 Å². The maximum atomic E-state index is 13.0. The highest BCUT2D eigenvalue weighted by molar-refractivity contribution is 5.39. The molecule has 2 nitrogen and oxygen atoms in total. The number of nitrogens with zero attached hydrogens (tertiary/aromatic N) is 2. The van der Waals surface area contributed by atoms with E-state index in [0.29, 0.717) is 5.92 Å². The van der Waals surface area contributed by atoms with Crippen LogP contribution < -0.4 is 0 Å². The number of halogens is 1. The summed E-state index contributed by atoms with van der Waals surface area (Å²) in [5, 5.41) is 4.46. The number of hydrogen-bond acceptors (Lipinski definition) is 1. The molecule has 2 rings (SSSR count). The Hall–Kier alpha value is -1.64. The number of hydrogen-bond donors (Lipinski definition) is 0. The van der Waals surface area contributed by atoms with E-state index in [9.17, 15) is 4.39 Å². The van der Waals surface area contributed by atoms with Crippen molar-refractivity contribution in [2.75, 3.05) is 0 Å². The second-order valence-corrected chi connectivity index (χ2v) is 4.27. The van der Waals surface area contributed by atoms with Gasteiger partial charge >= 0.3 is 0 Å². The summed E-state index contributed by atoms with van der Waals surface area (Å²) in [4.78, 5) is 0. The third-order valence-electron chi connectivity index (χ3n) is 2.61. The second kappa shape index (κ2) is 4.08. The van der Waals surface area contributed by atoms with Crippen molar-refractivity contribution in [1.82, 2.24) is 9.78 Å². The van der Waals surface area contributed by atoms with Gasteiger partial charge in [0, 0.05) is 6.20 Å². The van der Waals surface area contributed by atoms with E-state index in [0.717, 1.165) is 16.9 Å². The summed E-state index contributed by atoms with van der Waals surface area (Å²) in [5.41, 5.74) is 2.86. The Morgan fingerprint density at radius 2 is 2.00 bits per heavy atom. The Kier molecular flexibility index (Phi) is 2.77. The summed E-state index contributed by atoms with van der Waals surface area (Å²) in [5.74, 6) is 0.194. The zero-order chi connectivity index (χ0) is 11.7. The zero-order valence-electron chi connectivity index (χ0n) is 9.74. The summed E-state index contributed by atoms with van der Waals surface area (Å²) in [6.07, 6.45) is 1.91. The van der Waals surface area contributed by atoms with Gasteiger partial charge in [0.2, 0.25) is 0 Å². The van der Waals surface area contributed by atoms with Crippen LogP contribution in [-0.4, -0.2) is 9.78 Å². The highest BCUT2D eigenvalue weighted by Gasteiger charge is 2.07. The summed E-state index contributed by atoms with van der Waals surface area (Å²) in [6.45, 7) is 6.09. The van der Waals surface area contributed by atoms with Gasteiger partial charge in [0.15, 0.2) is 0 Å². The van der Waals surface area contributed by atoms with Gasteiger partial charge in [-0.15, -0.1) is 0 Å². The minimum Gasteiger partial charge on any atom is -0.240 e. The first-order chi connectivity index (χ1) is 7.58. The van der Waals surface area contributed by atoms with E-state index < -0.39 is 0 Å². The third-order valence-corrected chi connectivity index (χ3v) is 2.61. The minimum absolute atomic E-state index is 0.211. The van der Waals surface area contributed by atoms with Gasteiger partial charge in [0.25, 0.3) is 0 Å². The molecule has 0 amide bonds. The molecule has 2 aromatic rings. The predicted molar refractivity (Wildman–Crippen MR) is 62.3 cm³/mol. The normalized spacial score (nSPS) is 11.1. The van der Waals surface area contributed by atoms with E-state index in [1.165, 1.54) is 12.1 Å². The number of benzene rings is 1. The first kappa shape index (κ1) is 10.9. The Labute approximate surface area is 94.7 Å². The second-order valence-electron chi connectivity index (χ2n) is 4.27. The van der Waals surface area contributed by atoms with Crippen LogP contribution >= 0.6 is 0 Å². The molecule has 0 bridgehead atoms. The van der Waals surface area contributed by atoms with E-state index in [-0.39, 0.29) is 5.82 Å². The maximum Gasteiger partial charge on any atom is 0.123 e. The van der Waals surface area contributed by atoms with Crippen molar-refractivity contribution in [1.29, 1.82) is 0 Å². The molecule has 0 fully saturated rings. The highest BCUT2D eigenvalue weighted by atomic mass is 19.1. The van der Waals surface area contributed by atoms with Crippen LogP contribution in [0.2, 0.25) is 0 Å². The fourth-order valence-electron chi connectivity index (χ4n) is 1.66. The van der Waals surface area contributed by atoms with Crippen LogP contribution in [0.25, 0.3) is 5.69 Å². The van der Waals surface area contributed by atoms with E-state index >= 15 is 0 Å². The molecule has 0 unspecified atom stereocenters. The first-order valence-corrected chi connectivity index (χ1v) is 5.40. The molecular weight excluding hydrogens is 203 g/mol. The summed E-state index contributed by atoms with van der Waals surface area (Å²) < 4.78 is 14.8. The number of aryl methyl sites for hydroxylation is 1. The number of aromatic nitrogens is 2. The molecular formula is C13H15FN2. The van der Waals surface area contributed by atoms with Crippen LogP contribution in [0.3, 0.4) is 0 Å². The van der Waals surface area contributed by atoms with Gasteiger partial charge in [-0.2, -0.15) is 5.10 Å². The van der Waals surface area contributed by atoms with Crippen LogP contribution in [-0.2, 0) is 0 Å². The molecule has 16 heavy (non-hydrogen) atoms. The molecule has 84 valence electrons. The van der Waals surface area contributed by atoms with Crippen molar-refractivity contribution >= 4 is 0 Å². The lowest BCUT2D eigenvalue weighted by Gasteiger charge is -2.06. The molecule has 0 aliphatic heterocycles. The molecule has 0 spiro atoms. The molecule has 0 aliphatic rings. The topological polar surface area (TPSA) is 17.8 Å². The van der Waals surface area contributed by atoms with E-state index in [1.54, 1.807) is 10.7 Å². The molecule has 0 saturated heterocycles. The summed E-state index contributed by atoms with van der Waals surface area (Å²) in [6, 6.07) is 6.72. The molecule has 0 N–H and O–H groups in total. The van der Waals surface area contributed by atoms with Gasteiger partial charge in [0.1, 0.15) is 5.82 Å². The minimum atomic E-state index is -0.211. The predicted octanol–water partition coefficient (Wildman–Crippen LogP) is 3.44. The van der Waals surface area contributed by atoms with Crippen molar-refractivity contribution < 1.29 is 4.39 Å². The standard InChI is InChI=1S/C13H15FN2/c1-9(2)12-6-7-16(15-12)13-5-4-11(14)8-10(13)3/h4-9H,1-3H3. The lowest BCUT2D eigenvalue weighted by atomic mass is 10.1. The lowest BCUT2D eigenvalue weighted by molar-refractivity contribution is 0.625. The first-order valence-electron chi connectivity index (χ1n) is 5.40. The Balaban J connectivity index is 2.42. The Morgan fingerprint density at radius 1 is 1.25 bits per heavy atom. The van der Waals surface area contributed by atoms with Gasteiger partial charge in [-0.05, 0) is 42.7 Å². The third kappa shape index (κ3) is 1.98. The molecule has 1 aromatic heterocycles. The van der Waals surface area contributed by atoms with Gasteiger partial charge in [-0.3, -0.25) is 0 Å². The zero-order valence-corrected chi connectivity index (χ0v) is 9.74. The Bertz CT molecular complexity index is 500. The summed E-state index contributed by atoms with van der Waals surface area (Å²) >= 11 is 0. The average Bonchev–Trinajstić information content (AvgIpc) is 2.66. The number of rotatable bonds is 2. The van der Waals surface area contributed by atoms with Crippen molar-refractivity contribution in [3.63, 3.8) is 0 Å². The highest BCUT2D eigenvalue weighted by Crippen LogP contribution is 2.17. The molecule has 0 radical (unpaired) electrons. The van der Waals surface area contributed by atoms with Crippen molar-refractivity contribution in [2.45, 2.75) is 26.7 Å². The quantitative estimate of drug-likeness (QED) is 0.755. The van der Waals surface area contributed by atoms with Crippen molar-refractivity contribution in [2.24, 2.45) is 0 Å². The molecule has 0 atom stereocenters. The molecule has 0 saturated carbocycles. The van der Waals surface area contributed by atoms with Crippen LogP contribution in [0.4, 0.5) is 4.39 Å². The van der Waals surface area contributed by atoms with E-state index in [4.69, 9.17) is 0 Å². The van der Waals surface area contributed by atoms with Gasteiger partial charge in [-0.1, -0.05) is 13.8 Å². The average molecular weight is 218 g/mol.